The zero-order valence-electron chi connectivity index (χ0n) is 17.2. The van der Waals surface area contributed by atoms with Crippen molar-refractivity contribution in [2.75, 3.05) is 12.3 Å². The van der Waals surface area contributed by atoms with Gasteiger partial charge in [0.2, 0.25) is 5.60 Å². The van der Waals surface area contributed by atoms with Crippen LogP contribution in [0.1, 0.15) is 40.3 Å². The maximum absolute atomic E-state index is 12.2. The van der Waals surface area contributed by atoms with Gasteiger partial charge in [0.15, 0.2) is 8.32 Å². The lowest BCUT2D eigenvalue weighted by Crippen LogP contribution is -2.52. The highest BCUT2D eigenvalue weighted by Crippen LogP contribution is 2.44. The Morgan fingerprint density at radius 3 is 2.68 bits per heavy atom. The second kappa shape index (κ2) is 7.65. The van der Waals surface area contributed by atoms with E-state index in [4.69, 9.17) is 19.6 Å². The Balaban J connectivity index is 2.42. The van der Waals surface area contributed by atoms with Gasteiger partial charge in [-0.1, -0.05) is 20.8 Å². The molecule has 1 fully saturated rings. The van der Waals surface area contributed by atoms with Gasteiger partial charge in [0, 0.05) is 19.5 Å². The van der Waals surface area contributed by atoms with Crippen LogP contribution in [0.25, 0.3) is 0 Å². The van der Waals surface area contributed by atoms with E-state index in [9.17, 15) is 14.9 Å². The Kier molecular flexibility index (Phi) is 6.03. The van der Waals surface area contributed by atoms with E-state index in [1.807, 2.05) is 0 Å². The summed E-state index contributed by atoms with van der Waals surface area (Å²) in [5.41, 5.74) is 3.44. The van der Waals surface area contributed by atoms with Crippen molar-refractivity contribution in [3.63, 3.8) is 0 Å². The number of ether oxygens (including phenoxy) is 2. The quantitative estimate of drug-likeness (QED) is 0.578. The van der Waals surface area contributed by atoms with Crippen LogP contribution in [0.5, 0.6) is 0 Å². The number of esters is 1. The van der Waals surface area contributed by atoms with E-state index in [1.165, 1.54) is 23.8 Å². The highest BCUT2D eigenvalue weighted by atomic mass is 28.4. The minimum Gasteiger partial charge on any atom is -0.462 e. The van der Waals surface area contributed by atoms with Gasteiger partial charge < -0.3 is 19.6 Å². The molecule has 0 radical (unpaired) electrons. The van der Waals surface area contributed by atoms with E-state index in [0.717, 1.165) is 0 Å². The van der Waals surface area contributed by atoms with E-state index < -0.39 is 37.9 Å². The van der Waals surface area contributed by atoms with Crippen molar-refractivity contribution in [1.29, 1.82) is 5.26 Å². The van der Waals surface area contributed by atoms with Gasteiger partial charge in [0.1, 0.15) is 24.7 Å². The van der Waals surface area contributed by atoms with Crippen molar-refractivity contribution in [2.24, 2.45) is 0 Å². The number of nitriles is 1. The second-order valence-electron chi connectivity index (χ2n) is 8.50. The molecule has 0 amide bonds. The number of carbonyl (C=O) groups excluding carboxylic acids is 1. The zero-order chi connectivity index (χ0) is 21.3. The number of carbonyl (C=O) groups is 1. The summed E-state index contributed by atoms with van der Waals surface area (Å²) >= 11 is 0. The fourth-order valence-corrected chi connectivity index (χ4v) is 4.05. The molecule has 1 aromatic rings. The van der Waals surface area contributed by atoms with Crippen LogP contribution in [0, 0.1) is 11.3 Å². The van der Waals surface area contributed by atoms with E-state index in [2.05, 4.69) is 44.9 Å². The highest BCUT2D eigenvalue weighted by molar-refractivity contribution is 6.74. The van der Waals surface area contributed by atoms with E-state index in [1.54, 1.807) is 0 Å². The molecule has 2 rings (SSSR count). The third-order valence-corrected chi connectivity index (χ3v) is 9.85. The lowest BCUT2D eigenvalue weighted by Gasteiger charge is -2.40. The SMILES string of the molecule is CC(=O)OC[C@@]1(C#N)O[C@@H](n2ccc(N)nc2=O)C[C@@H]1O[Si](C)(C)C(C)(C)C. The fraction of sp³-hybridized carbons (Fsp3) is 0.667. The average Bonchev–Trinajstić information content (AvgIpc) is 2.90. The number of nitrogens with two attached hydrogens (primary N) is 1. The predicted molar refractivity (Wildman–Crippen MR) is 105 cm³/mol. The summed E-state index contributed by atoms with van der Waals surface area (Å²) in [7, 11) is -2.28. The molecule has 1 aliphatic heterocycles. The van der Waals surface area contributed by atoms with Crippen molar-refractivity contribution in [1.82, 2.24) is 9.55 Å². The molecule has 0 spiro atoms. The topological polar surface area (TPSA) is 129 Å². The van der Waals surface area contributed by atoms with Crippen molar-refractivity contribution in [2.45, 2.75) is 70.2 Å². The Labute approximate surface area is 165 Å². The van der Waals surface area contributed by atoms with Crippen LogP contribution in [0.15, 0.2) is 17.1 Å². The van der Waals surface area contributed by atoms with Gasteiger partial charge in [0.25, 0.3) is 0 Å². The van der Waals surface area contributed by atoms with Gasteiger partial charge in [-0.2, -0.15) is 10.2 Å². The molecule has 1 aromatic heterocycles. The second-order valence-corrected chi connectivity index (χ2v) is 13.3. The monoisotopic (exact) mass is 408 g/mol. The smallest absolute Gasteiger partial charge is 0.351 e. The molecule has 1 aliphatic rings. The number of nitrogen functional groups attached to an aromatic ring is 1. The van der Waals surface area contributed by atoms with Crippen molar-refractivity contribution < 1.29 is 18.7 Å². The number of hydrogen-bond acceptors (Lipinski definition) is 8. The predicted octanol–water partition coefficient (Wildman–Crippen LogP) is 1.96. The summed E-state index contributed by atoms with van der Waals surface area (Å²) in [5.74, 6) is -0.432. The fourth-order valence-electron chi connectivity index (χ4n) is 2.70. The average molecular weight is 409 g/mol. The van der Waals surface area contributed by atoms with Gasteiger partial charge in [0.05, 0.1) is 6.10 Å². The summed E-state index contributed by atoms with van der Waals surface area (Å²) in [6.07, 6.45) is 0.253. The number of hydrogen-bond donors (Lipinski definition) is 1. The third kappa shape index (κ3) is 4.43. The molecule has 154 valence electrons. The summed E-state index contributed by atoms with van der Waals surface area (Å²) in [4.78, 5) is 27.3. The van der Waals surface area contributed by atoms with Crippen LogP contribution in [0.4, 0.5) is 5.82 Å². The lowest BCUT2D eigenvalue weighted by molar-refractivity contribution is -0.153. The molecule has 2 N–H and O–H groups in total. The van der Waals surface area contributed by atoms with Crippen LogP contribution in [0.3, 0.4) is 0 Å². The summed E-state index contributed by atoms with van der Waals surface area (Å²) in [6, 6.07) is 3.60. The molecule has 9 nitrogen and oxygen atoms in total. The van der Waals surface area contributed by atoms with Gasteiger partial charge in [-0.25, -0.2) is 4.79 Å². The van der Waals surface area contributed by atoms with Crippen LogP contribution >= 0.6 is 0 Å². The number of anilines is 1. The number of nitrogens with zero attached hydrogens (tertiary/aromatic N) is 3. The minimum absolute atomic E-state index is 0.0970. The number of aromatic nitrogens is 2. The molecular formula is C18H28N4O5Si. The molecule has 28 heavy (non-hydrogen) atoms. The standard InChI is InChI=1S/C18H28N4O5Si/c1-12(23)25-11-18(10-19)13(27-28(5,6)17(2,3)4)9-15(26-18)22-8-7-14(20)21-16(22)24/h7-8,13,15H,9,11H2,1-6H3,(H2,20,21,24)/t13-,15+,18+/m0/s1. The lowest BCUT2D eigenvalue weighted by atomic mass is 10.00. The maximum atomic E-state index is 12.2. The Hall–Kier alpha value is -2.22. The van der Waals surface area contributed by atoms with Crippen molar-refractivity contribution >= 4 is 20.1 Å². The molecular weight excluding hydrogens is 380 g/mol. The summed E-state index contributed by atoms with van der Waals surface area (Å²) < 4.78 is 18.8. The van der Waals surface area contributed by atoms with E-state index in [-0.39, 0.29) is 23.9 Å². The van der Waals surface area contributed by atoms with Crippen LogP contribution < -0.4 is 11.4 Å². The van der Waals surface area contributed by atoms with Crippen LogP contribution in [-0.2, 0) is 18.7 Å². The minimum atomic E-state index is -2.28. The van der Waals surface area contributed by atoms with Gasteiger partial charge in [-0.3, -0.25) is 9.36 Å². The first kappa shape index (κ1) is 22.1. The van der Waals surface area contributed by atoms with Crippen molar-refractivity contribution in [3.05, 3.63) is 22.7 Å². The summed E-state index contributed by atoms with van der Waals surface area (Å²) in [6.45, 7) is 11.3. The third-order valence-electron chi connectivity index (χ3n) is 5.37. The van der Waals surface area contributed by atoms with Crippen LogP contribution in [0.2, 0.25) is 18.1 Å². The Bertz CT molecular complexity index is 842. The Morgan fingerprint density at radius 1 is 1.54 bits per heavy atom. The molecule has 2 heterocycles. The van der Waals surface area contributed by atoms with Crippen LogP contribution in [-0.4, -0.2) is 42.1 Å². The van der Waals surface area contributed by atoms with E-state index >= 15 is 0 Å². The summed E-state index contributed by atoms with van der Waals surface area (Å²) in [5, 5.41) is 9.82. The van der Waals surface area contributed by atoms with Gasteiger partial charge in [-0.15, -0.1) is 0 Å². The molecule has 3 atom stereocenters. The molecule has 0 aliphatic carbocycles. The maximum Gasteiger partial charge on any atom is 0.351 e. The molecule has 0 aromatic carbocycles. The van der Waals surface area contributed by atoms with E-state index in [0.29, 0.717) is 0 Å². The highest BCUT2D eigenvalue weighted by Gasteiger charge is 2.55. The first-order valence-corrected chi connectivity index (χ1v) is 12.0. The first-order chi connectivity index (χ1) is 12.8. The number of rotatable bonds is 5. The molecule has 0 unspecified atom stereocenters. The molecule has 0 saturated carbocycles. The normalized spacial score (nSPS) is 25.3. The largest absolute Gasteiger partial charge is 0.462 e. The molecule has 0 bridgehead atoms. The van der Waals surface area contributed by atoms with Crippen molar-refractivity contribution in [3.8, 4) is 6.07 Å². The zero-order valence-corrected chi connectivity index (χ0v) is 18.2. The van der Waals surface area contributed by atoms with Gasteiger partial charge >= 0.3 is 11.7 Å². The molecule has 1 saturated heterocycles. The molecule has 10 heteroatoms. The Morgan fingerprint density at radius 2 is 2.18 bits per heavy atom. The van der Waals surface area contributed by atoms with Gasteiger partial charge in [-0.05, 0) is 24.2 Å². The first-order valence-electron chi connectivity index (χ1n) is 9.06.